The van der Waals surface area contributed by atoms with E-state index in [2.05, 4.69) is 36.2 Å². The van der Waals surface area contributed by atoms with Crippen LogP contribution in [0.5, 0.6) is 0 Å². The Bertz CT molecular complexity index is 969. The Morgan fingerprint density at radius 1 is 1.19 bits per heavy atom. The Morgan fingerprint density at radius 2 is 1.87 bits per heavy atom. The van der Waals surface area contributed by atoms with Crippen molar-refractivity contribution in [2.45, 2.75) is 13.0 Å². The number of nitrogens with zero attached hydrogens (tertiary/aromatic N) is 6. The molecule has 2 saturated heterocycles. The number of amides is 2. The van der Waals surface area contributed by atoms with Crippen LogP contribution in [0.2, 0.25) is 0 Å². The van der Waals surface area contributed by atoms with Crippen molar-refractivity contribution in [3.05, 3.63) is 34.9 Å². The van der Waals surface area contributed by atoms with Crippen LogP contribution >= 0.6 is 15.9 Å². The molecule has 2 aliphatic heterocycles. The standard InChI is InChI=1S/C19H21BrFN7O3/c1-12(29)22-10-15-11-28(19(30)31-15)14-6-16(21)17(23-9-14)26-2-4-27(5-3-26)18-24-7-13(20)8-25-18/h6-9,15H,2-5,10-11H2,1H3,(H,22,29)/t15-/m0/s1. The summed E-state index contributed by atoms with van der Waals surface area (Å²) in [6.45, 7) is 4.20. The first-order valence-corrected chi connectivity index (χ1v) is 10.6. The molecule has 31 heavy (non-hydrogen) atoms. The summed E-state index contributed by atoms with van der Waals surface area (Å²) in [6.07, 6.45) is 3.77. The molecule has 0 saturated carbocycles. The summed E-state index contributed by atoms with van der Waals surface area (Å²) in [6, 6.07) is 1.29. The normalized spacial score (nSPS) is 18.9. The fourth-order valence-electron chi connectivity index (χ4n) is 3.48. The molecule has 2 amide bonds. The Labute approximate surface area is 186 Å². The zero-order valence-electron chi connectivity index (χ0n) is 16.8. The number of halogens is 2. The monoisotopic (exact) mass is 493 g/mol. The molecule has 0 unspecified atom stereocenters. The van der Waals surface area contributed by atoms with Gasteiger partial charge in [0.2, 0.25) is 11.9 Å². The van der Waals surface area contributed by atoms with E-state index in [9.17, 15) is 14.0 Å². The van der Waals surface area contributed by atoms with Crippen molar-refractivity contribution in [1.82, 2.24) is 20.3 Å². The lowest BCUT2D eigenvalue weighted by atomic mass is 10.2. The second-order valence-corrected chi connectivity index (χ2v) is 8.14. The second-order valence-electron chi connectivity index (χ2n) is 7.23. The number of hydrogen-bond donors (Lipinski definition) is 1. The van der Waals surface area contributed by atoms with Gasteiger partial charge in [-0.2, -0.15) is 0 Å². The molecule has 2 aliphatic rings. The maximum atomic E-state index is 14.8. The van der Waals surface area contributed by atoms with Crippen LogP contribution in [0.3, 0.4) is 0 Å². The van der Waals surface area contributed by atoms with Gasteiger partial charge in [-0.3, -0.25) is 9.69 Å². The fraction of sp³-hybridized carbons (Fsp3) is 0.421. The van der Waals surface area contributed by atoms with E-state index < -0.39 is 18.0 Å². The molecule has 2 aromatic rings. The number of aromatic nitrogens is 3. The average molecular weight is 494 g/mol. The van der Waals surface area contributed by atoms with Crippen molar-refractivity contribution >= 4 is 45.4 Å². The minimum atomic E-state index is -0.590. The first kappa shape index (κ1) is 21.2. The Balaban J connectivity index is 1.38. The van der Waals surface area contributed by atoms with Gasteiger partial charge in [0, 0.05) is 51.6 Å². The first-order chi connectivity index (χ1) is 14.9. The van der Waals surface area contributed by atoms with Crippen LogP contribution in [0.25, 0.3) is 0 Å². The molecule has 4 rings (SSSR count). The number of nitrogens with one attached hydrogen (secondary N) is 1. The number of rotatable bonds is 5. The largest absolute Gasteiger partial charge is 0.442 e. The first-order valence-electron chi connectivity index (χ1n) is 9.76. The number of cyclic esters (lactones) is 1. The van der Waals surface area contributed by atoms with Gasteiger partial charge in [-0.1, -0.05) is 0 Å². The molecule has 0 aliphatic carbocycles. The minimum Gasteiger partial charge on any atom is -0.442 e. The van der Waals surface area contributed by atoms with Crippen molar-refractivity contribution in [3.8, 4) is 0 Å². The third kappa shape index (κ3) is 4.84. The summed E-state index contributed by atoms with van der Waals surface area (Å²) < 4.78 is 20.9. The van der Waals surface area contributed by atoms with E-state index in [4.69, 9.17) is 4.74 Å². The van der Waals surface area contributed by atoms with E-state index in [0.29, 0.717) is 37.8 Å². The molecule has 0 aromatic carbocycles. The number of piperazine rings is 1. The van der Waals surface area contributed by atoms with Crippen molar-refractivity contribution in [1.29, 1.82) is 0 Å². The lowest BCUT2D eigenvalue weighted by Crippen LogP contribution is -2.47. The van der Waals surface area contributed by atoms with Gasteiger partial charge in [-0.15, -0.1) is 0 Å². The summed E-state index contributed by atoms with van der Waals surface area (Å²) in [4.78, 5) is 41.2. The zero-order chi connectivity index (χ0) is 22.0. The van der Waals surface area contributed by atoms with Gasteiger partial charge in [-0.25, -0.2) is 24.1 Å². The molecule has 164 valence electrons. The summed E-state index contributed by atoms with van der Waals surface area (Å²) in [5, 5.41) is 2.61. The van der Waals surface area contributed by atoms with E-state index in [1.165, 1.54) is 24.1 Å². The quantitative estimate of drug-likeness (QED) is 0.668. The van der Waals surface area contributed by atoms with E-state index in [-0.39, 0.29) is 24.8 Å². The van der Waals surface area contributed by atoms with Crippen LogP contribution in [-0.2, 0) is 9.53 Å². The van der Waals surface area contributed by atoms with E-state index >= 15 is 0 Å². The average Bonchev–Trinajstić information content (AvgIpc) is 3.13. The molecule has 2 aromatic heterocycles. The molecule has 10 nitrogen and oxygen atoms in total. The van der Waals surface area contributed by atoms with Crippen LogP contribution in [0, 0.1) is 5.82 Å². The summed E-state index contributed by atoms with van der Waals surface area (Å²) in [5.41, 5.74) is 0.318. The number of carbonyl (C=O) groups is 2. The molecule has 12 heteroatoms. The topological polar surface area (TPSA) is 104 Å². The van der Waals surface area contributed by atoms with Gasteiger partial charge >= 0.3 is 6.09 Å². The number of ether oxygens (including phenoxy) is 1. The van der Waals surface area contributed by atoms with Crippen molar-refractivity contribution in [3.63, 3.8) is 0 Å². The van der Waals surface area contributed by atoms with Gasteiger partial charge in [0.15, 0.2) is 11.6 Å². The lowest BCUT2D eigenvalue weighted by Gasteiger charge is -2.35. The number of carbonyl (C=O) groups excluding carboxylic acids is 2. The van der Waals surface area contributed by atoms with Crippen molar-refractivity contribution in [2.75, 3.05) is 54.0 Å². The van der Waals surface area contributed by atoms with E-state index in [1.807, 2.05) is 9.80 Å². The highest BCUT2D eigenvalue weighted by Gasteiger charge is 2.33. The maximum absolute atomic E-state index is 14.8. The lowest BCUT2D eigenvalue weighted by molar-refractivity contribution is -0.119. The third-order valence-corrected chi connectivity index (χ3v) is 5.45. The summed E-state index contributed by atoms with van der Waals surface area (Å²) in [7, 11) is 0. The molecule has 2 fully saturated rings. The maximum Gasteiger partial charge on any atom is 0.414 e. The summed E-state index contributed by atoms with van der Waals surface area (Å²) >= 11 is 3.32. The van der Waals surface area contributed by atoms with Gasteiger partial charge in [-0.05, 0) is 15.9 Å². The Hall–Kier alpha value is -3.02. The molecule has 0 spiro atoms. The van der Waals surface area contributed by atoms with Crippen molar-refractivity contribution < 1.29 is 18.7 Å². The molecule has 1 N–H and O–H groups in total. The highest BCUT2D eigenvalue weighted by Crippen LogP contribution is 2.26. The van der Waals surface area contributed by atoms with Gasteiger partial charge in [0.1, 0.15) is 6.10 Å². The zero-order valence-corrected chi connectivity index (χ0v) is 18.4. The molecular formula is C19H21BrFN7O3. The SMILES string of the molecule is CC(=O)NC[C@H]1CN(c2cnc(N3CCN(c4ncc(Br)cn4)CC3)c(F)c2)C(=O)O1. The molecule has 0 bridgehead atoms. The smallest absolute Gasteiger partial charge is 0.414 e. The second kappa shape index (κ2) is 9.00. The van der Waals surface area contributed by atoms with Crippen LogP contribution in [0.1, 0.15) is 6.92 Å². The molecule has 1 atom stereocenters. The van der Waals surface area contributed by atoms with E-state index in [0.717, 1.165) is 4.47 Å². The molecular weight excluding hydrogens is 473 g/mol. The predicted octanol–water partition coefficient (Wildman–Crippen LogP) is 1.56. The van der Waals surface area contributed by atoms with Crippen LogP contribution in [0.4, 0.5) is 26.6 Å². The Kier molecular flexibility index (Phi) is 6.16. The Morgan fingerprint density at radius 3 is 2.52 bits per heavy atom. The minimum absolute atomic E-state index is 0.206. The van der Waals surface area contributed by atoms with E-state index in [1.54, 1.807) is 12.4 Å². The van der Waals surface area contributed by atoms with Crippen LogP contribution < -0.4 is 20.0 Å². The third-order valence-electron chi connectivity index (χ3n) is 5.04. The molecule has 0 radical (unpaired) electrons. The number of hydrogen-bond acceptors (Lipinski definition) is 8. The number of anilines is 3. The molecule has 4 heterocycles. The van der Waals surface area contributed by atoms with Crippen LogP contribution in [-0.4, -0.2) is 72.3 Å². The number of pyridine rings is 1. The fourth-order valence-corrected chi connectivity index (χ4v) is 3.69. The van der Waals surface area contributed by atoms with Gasteiger partial charge in [0.25, 0.3) is 0 Å². The summed E-state index contributed by atoms with van der Waals surface area (Å²) in [5.74, 6) is 0.151. The predicted molar refractivity (Wildman–Crippen MR) is 115 cm³/mol. The van der Waals surface area contributed by atoms with Crippen LogP contribution in [0.15, 0.2) is 29.1 Å². The highest BCUT2D eigenvalue weighted by atomic mass is 79.9. The van der Waals surface area contributed by atoms with Gasteiger partial charge in [0.05, 0.1) is 29.4 Å². The van der Waals surface area contributed by atoms with Crippen molar-refractivity contribution in [2.24, 2.45) is 0 Å². The van der Waals surface area contributed by atoms with Gasteiger partial charge < -0.3 is 19.9 Å². The highest BCUT2D eigenvalue weighted by molar-refractivity contribution is 9.10.